The predicted octanol–water partition coefficient (Wildman–Crippen LogP) is 1.92. The van der Waals surface area contributed by atoms with Crippen LogP contribution in [-0.2, 0) is 14.3 Å². The zero-order valence-corrected chi connectivity index (χ0v) is 12.8. The number of carbonyl (C=O) groups is 2. The minimum atomic E-state index is -0.505. The molecule has 0 saturated carbocycles. The van der Waals surface area contributed by atoms with Crippen molar-refractivity contribution >= 4 is 27.6 Å². The molecule has 6 heteroatoms. The summed E-state index contributed by atoms with van der Waals surface area (Å²) in [7, 11) is 2.96. The molecule has 0 saturated heterocycles. The van der Waals surface area contributed by atoms with Gasteiger partial charge in [0, 0.05) is 30.3 Å². The highest BCUT2D eigenvalue weighted by Gasteiger charge is 2.06. The lowest BCUT2D eigenvalue weighted by atomic mass is 10.1. The SMILES string of the molecule is COC(CNC(=O)/C=C/C(=O)c1ccc(Br)cc1)OC. The number of nitrogens with one attached hydrogen (secondary N) is 1. The average Bonchev–Trinajstić information content (AvgIpc) is 2.46. The topological polar surface area (TPSA) is 64.6 Å². The molecule has 0 fully saturated rings. The lowest BCUT2D eigenvalue weighted by Gasteiger charge is -2.12. The number of allylic oxidation sites excluding steroid dienone is 1. The molecular formula is C14H16BrNO4. The van der Waals surface area contributed by atoms with Gasteiger partial charge in [-0.2, -0.15) is 0 Å². The second-order valence-electron chi connectivity index (χ2n) is 3.85. The monoisotopic (exact) mass is 341 g/mol. The lowest BCUT2D eigenvalue weighted by molar-refractivity contribution is -0.123. The largest absolute Gasteiger partial charge is 0.354 e. The first-order valence-electron chi connectivity index (χ1n) is 5.88. The Morgan fingerprint density at radius 3 is 2.35 bits per heavy atom. The van der Waals surface area contributed by atoms with E-state index < -0.39 is 6.29 Å². The molecule has 0 radical (unpaired) electrons. The van der Waals surface area contributed by atoms with Crippen molar-refractivity contribution in [3.8, 4) is 0 Å². The number of rotatable bonds is 7. The number of hydrogen-bond donors (Lipinski definition) is 1. The molecule has 0 heterocycles. The normalized spacial score (nSPS) is 11.0. The van der Waals surface area contributed by atoms with Crippen LogP contribution in [0.4, 0.5) is 0 Å². The van der Waals surface area contributed by atoms with E-state index in [2.05, 4.69) is 21.2 Å². The number of benzene rings is 1. The fourth-order valence-electron chi connectivity index (χ4n) is 1.37. The summed E-state index contributed by atoms with van der Waals surface area (Å²) in [6.45, 7) is 0.211. The van der Waals surface area contributed by atoms with Crippen LogP contribution in [0.5, 0.6) is 0 Å². The number of halogens is 1. The van der Waals surface area contributed by atoms with E-state index in [1.807, 2.05) is 0 Å². The zero-order chi connectivity index (χ0) is 15.0. The first-order valence-corrected chi connectivity index (χ1v) is 6.67. The van der Waals surface area contributed by atoms with Gasteiger partial charge in [-0.1, -0.05) is 15.9 Å². The van der Waals surface area contributed by atoms with Gasteiger partial charge in [-0.3, -0.25) is 9.59 Å². The van der Waals surface area contributed by atoms with Crippen LogP contribution in [-0.4, -0.2) is 38.7 Å². The lowest BCUT2D eigenvalue weighted by Crippen LogP contribution is -2.33. The summed E-state index contributed by atoms with van der Waals surface area (Å²) in [6.07, 6.45) is 1.91. The van der Waals surface area contributed by atoms with Crippen molar-refractivity contribution in [2.24, 2.45) is 0 Å². The van der Waals surface area contributed by atoms with Gasteiger partial charge < -0.3 is 14.8 Å². The van der Waals surface area contributed by atoms with Gasteiger partial charge >= 0.3 is 0 Å². The first-order chi connectivity index (χ1) is 9.56. The fraction of sp³-hybridized carbons (Fsp3) is 0.286. The molecule has 1 amide bonds. The van der Waals surface area contributed by atoms with Crippen molar-refractivity contribution in [3.63, 3.8) is 0 Å². The van der Waals surface area contributed by atoms with E-state index in [0.717, 1.165) is 4.47 Å². The Hall–Kier alpha value is -1.50. The third-order valence-corrected chi connectivity index (χ3v) is 3.01. The van der Waals surface area contributed by atoms with E-state index in [1.54, 1.807) is 24.3 Å². The number of carbonyl (C=O) groups excluding carboxylic acids is 2. The van der Waals surface area contributed by atoms with Crippen LogP contribution < -0.4 is 5.32 Å². The fourth-order valence-corrected chi connectivity index (χ4v) is 1.63. The Balaban J connectivity index is 2.48. The third-order valence-electron chi connectivity index (χ3n) is 2.48. The molecule has 108 valence electrons. The molecule has 1 rings (SSSR count). The molecule has 0 spiro atoms. The molecule has 1 N–H and O–H groups in total. The van der Waals surface area contributed by atoms with Crippen molar-refractivity contribution in [1.82, 2.24) is 5.32 Å². The quantitative estimate of drug-likeness (QED) is 0.467. The highest BCUT2D eigenvalue weighted by Crippen LogP contribution is 2.11. The van der Waals surface area contributed by atoms with Crippen molar-refractivity contribution in [3.05, 3.63) is 46.5 Å². The maximum Gasteiger partial charge on any atom is 0.244 e. The molecule has 0 atom stereocenters. The molecule has 0 aliphatic heterocycles. The Bertz CT molecular complexity index is 480. The van der Waals surface area contributed by atoms with E-state index in [-0.39, 0.29) is 18.2 Å². The zero-order valence-electron chi connectivity index (χ0n) is 11.3. The van der Waals surface area contributed by atoms with Crippen LogP contribution in [0.3, 0.4) is 0 Å². The molecule has 0 aliphatic rings. The van der Waals surface area contributed by atoms with Crippen molar-refractivity contribution < 1.29 is 19.1 Å². The highest BCUT2D eigenvalue weighted by molar-refractivity contribution is 9.10. The predicted molar refractivity (Wildman–Crippen MR) is 78.4 cm³/mol. The van der Waals surface area contributed by atoms with Gasteiger partial charge in [0.1, 0.15) is 0 Å². The third kappa shape index (κ3) is 5.64. The number of ketones is 1. The Morgan fingerprint density at radius 1 is 1.20 bits per heavy atom. The van der Waals surface area contributed by atoms with E-state index in [4.69, 9.17) is 9.47 Å². The number of hydrogen-bond acceptors (Lipinski definition) is 4. The van der Waals surface area contributed by atoms with Crippen molar-refractivity contribution in [2.75, 3.05) is 20.8 Å². The molecular weight excluding hydrogens is 326 g/mol. The molecule has 0 bridgehead atoms. The van der Waals surface area contributed by atoms with Crippen LogP contribution in [0.25, 0.3) is 0 Å². The van der Waals surface area contributed by atoms with Gasteiger partial charge in [-0.05, 0) is 30.3 Å². The van der Waals surface area contributed by atoms with Crippen LogP contribution in [0.2, 0.25) is 0 Å². The summed E-state index contributed by atoms with van der Waals surface area (Å²) in [4.78, 5) is 23.3. The summed E-state index contributed by atoms with van der Waals surface area (Å²) in [5.41, 5.74) is 0.518. The summed E-state index contributed by atoms with van der Waals surface area (Å²) in [5.74, 6) is -0.614. The van der Waals surface area contributed by atoms with Gasteiger partial charge in [0.25, 0.3) is 0 Å². The molecule has 0 unspecified atom stereocenters. The van der Waals surface area contributed by atoms with Gasteiger partial charge in [0.05, 0.1) is 6.54 Å². The van der Waals surface area contributed by atoms with Crippen molar-refractivity contribution in [1.29, 1.82) is 0 Å². The minimum absolute atomic E-state index is 0.211. The summed E-state index contributed by atoms with van der Waals surface area (Å²) in [5, 5.41) is 2.57. The van der Waals surface area contributed by atoms with E-state index in [0.29, 0.717) is 5.56 Å². The summed E-state index contributed by atoms with van der Waals surface area (Å²) >= 11 is 3.29. The maximum absolute atomic E-state index is 11.8. The summed E-state index contributed by atoms with van der Waals surface area (Å²) < 4.78 is 10.7. The Morgan fingerprint density at radius 2 is 1.80 bits per heavy atom. The van der Waals surface area contributed by atoms with Gasteiger partial charge in [-0.15, -0.1) is 0 Å². The number of amides is 1. The molecule has 0 aromatic heterocycles. The second-order valence-corrected chi connectivity index (χ2v) is 4.77. The van der Waals surface area contributed by atoms with Gasteiger partial charge in [0.15, 0.2) is 12.1 Å². The Labute approximate surface area is 126 Å². The molecule has 5 nitrogen and oxygen atoms in total. The minimum Gasteiger partial charge on any atom is -0.354 e. The second kappa shape index (κ2) is 8.63. The van der Waals surface area contributed by atoms with E-state index in [9.17, 15) is 9.59 Å². The standard InChI is InChI=1S/C14H16BrNO4/c1-19-14(20-2)9-16-13(18)8-7-12(17)10-3-5-11(15)6-4-10/h3-8,14H,9H2,1-2H3,(H,16,18)/b8-7+. The molecule has 20 heavy (non-hydrogen) atoms. The Kier molecular flexibility index (Phi) is 7.14. The smallest absolute Gasteiger partial charge is 0.244 e. The summed E-state index contributed by atoms with van der Waals surface area (Å²) in [6, 6.07) is 6.90. The van der Waals surface area contributed by atoms with Crippen LogP contribution in [0, 0.1) is 0 Å². The van der Waals surface area contributed by atoms with E-state index >= 15 is 0 Å². The van der Waals surface area contributed by atoms with Crippen LogP contribution in [0.15, 0.2) is 40.9 Å². The highest BCUT2D eigenvalue weighted by atomic mass is 79.9. The number of ether oxygens (including phenoxy) is 2. The average molecular weight is 342 g/mol. The molecule has 1 aromatic rings. The first kappa shape index (κ1) is 16.6. The molecule has 0 aliphatic carbocycles. The van der Waals surface area contributed by atoms with Gasteiger partial charge in [-0.25, -0.2) is 0 Å². The van der Waals surface area contributed by atoms with Gasteiger partial charge in [0.2, 0.25) is 5.91 Å². The number of methoxy groups -OCH3 is 2. The molecule has 1 aromatic carbocycles. The maximum atomic E-state index is 11.8. The van der Waals surface area contributed by atoms with E-state index in [1.165, 1.54) is 26.4 Å². The van der Waals surface area contributed by atoms with Crippen molar-refractivity contribution in [2.45, 2.75) is 6.29 Å². The van der Waals surface area contributed by atoms with Crippen LogP contribution in [0.1, 0.15) is 10.4 Å². The van der Waals surface area contributed by atoms with Crippen LogP contribution >= 0.6 is 15.9 Å².